The average Bonchev–Trinajstić information content (AvgIpc) is 2.92. The second-order valence-corrected chi connectivity index (χ2v) is 8.08. The molecule has 7 nitrogen and oxygen atoms in total. The first-order valence-corrected chi connectivity index (χ1v) is 11.8. The number of methoxy groups -OCH3 is 3. The zero-order valence-electron chi connectivity index (χ0n) is 20.9. The number of carbonyl (C=O) groups is 2. The van der Waals surface area contributed by atoms with Gasteiger partial charge in [0.2, 0.25) is 0 Å². The van der Waals surface area contributed by atoms with Gasteiger partial charge >= 0.3 is 11.9 Å². The van der Waals surface area contributed by atoms with Crippen LogP contribution >= 0.6 is 0 Å². The molecule has 0 bridgehead atoms. The monoisotopic (exact) mass is 492 g/mol. The van der Waals surface area contributed by atoms with Crippen LogP contribution in [-0.2, 0) is 38.3 Å². The maximum absolute atomic E-state index is 13.1. The number of hydrogen-bond acceptors (Lipinski definition) is 7. The maximum atomic E-state index is 13.1. The molecule has 190 valence electrons. The first kappa shape index (κ1) is 26.6. The van der Waals surface area contributed by atoms with Gasteiger partial charge in [-0.15, -0.1) is 0 Å². The van der Waals surface area contributed by atoms with Crippen LogP contribution in [0.1, 0.15) is 16.7 Å². The van der Waals surface area contributed by atoms with Crippen molar-refractivity contribution in [3.63, 3.8) is 0 Å². The fourth-order valence-corrected chi connectivity index (χ4v) is 3.76. The number of carbonyl (C=O) groups excluding carboxylic acids is 2. The summed E-state index contributed by atoms with van der Waals surface area (Å²) in [6, 6.07) is 22.7. The topological polar surface area (TPSA) is 80.3 Å². The van der Waals surface area contributed by atoms with Gasteiger partial charge in [-0.3, -0.25) is 9.59 Å². The molecule has 0 aliphatic rings. The van der Waals surface area contributed by atoms with Crippen molar-refractivity contribution in [1.29, 1.82) is 0 Å². The van der Waals surface area contributed by atoms with Crippen molar-refractivity contribution in [2.24, 2.45) is 5.92 Å². The summed E-state index contributed by atoms with van der Waals surface area (Å²) in [5.41, 5.74) is 2.67. The minimum absolute atomic E-state index is 0.0257. The first-order valence-electron chi connectivity index (χ1n) is 11.8. The highest BCUT2D eigenvalue weighted by molar-refractivity contribution is 5.95. The smallest absolute Gasteiger partial charge is 0.320 e. The summed E-state index contributed by atoms with van der Waals surface area (Å²) < 4.78 is 27.2. The highest BCUT2D eigenvalue weighted by atomic mass is 16.6. The van der Waals surface area contributed by atoms with Crippen LogP contribution in [0.15, 0.2) is 72.8 Å². The van der Waals surface area contributed by atoms with E-state index < -0.39 is 17.9 Å². The molecule has 0 N–H and O–H groups in total. The number of esters is 2. The minimum Gasteiger partial charge on any atom is -0.496 e. The predicted octanol–water partition coefficient (Wildman–Crippen LogP) is 4.44. The summed E-state index contributed by atoms with van der Waals surface area (Å²) in [5.74, 6) is -1.05. The van der Waals surface area contributed by atoms with E-state index >= 15 is 0 Å². The fraction of sp³-hybridized carbons (Fsp3) is 0.310. The lowest BCUT2D eigenvalue weighted by Crippen LogP contribution is -2.31. The van der Waals surface area contributed by atoms with Gasteiger partial charge in [0.1, 0.15) is 5.75 Å². The van der Waals surface area contributed by atoms with Crippen molar-refractivity contribution < 1.29 is 33.3 Å². The van der Waals surface area contributed by atoms with Gasteiger partial charge in [0.05, 0.1) is 34.5 Å². The first-order chi connectivity index (χ1) is 17.5. The van der Waals surface area contributed by atoms with Crippen LogP contribution in [0.25, 0.3) is 0 Å². The zero-order valence-corrected chi connectivity index (χ0v) is 20.9. The lowest BCUT2D eigenvalue weighted by atomic mass is 9.98. The van der Waals surface area contributed by atoms with E-state index in [0.717, 1.165) is 11.1 Å². The molecule has 0 radical (unpaired) electrons. The molecule has 0 spiro atoms. The van der Waals surface area contributed by atoms with E-state index in [4.69, 9.17) is 23.7 Å². The van der Waals surface area contributed by atoms with Gasteiger partial charge < -0.3 is 23.7 Å². The highest BCUT2D eigenvalue weighted by Gasteiger charge is 2.32. The van der Waals surface area contributed by atoms with E-state index in [1.54, 1.807) is 12.1 Å². The van der Waals surface area contributed by atoms with E-state index in [1.165, 1.54) is 21.3 Å². The summed E-state index contributed by atoms with van der Waals surface area (Å²) >= 11 is 0. The number of hydrogen-bond donors (Lipinski definition) is 0. The van der Waals surface area contributed by atoms with E-state index in [0.29, 0.717) is 35.7 Å². The van der Waals surface area contributed by atoms with Crippen molar-refractivity contribution in [3.05, 3.63) is 89.5 Å². The van der Waals surface area contributed by atoms with Crippen LogP contribution in [-0.4, -0.2) is 46.5 Å². The molecule has 0 atom stereocenters. The molecule has 0 unspecified atom stereocenters. The Labute approximate surface area is 211 Å². The number of ether oxygens (including phenoxy) is 5. The molecule has 36 heavy (non-hydrogen) atoms. The molecule has 3 rings (SSSR count). The normalized spacial score (nSPS) is 10.6. The maximum Gasteiger partial charge on any atom is 0.320 e. The van der Waals surface area contributed by atoms with Crippen molar-refractivity contribution in [2.45, 2.75) is 19.3 Å². The number of benzene rings is 3. The molecular formula is C29H32O7. The molecule has 0 fully saturated rings. The Morgan fingerprint density at radius 2 is 1.08 bits per heavy atom. The Bertz CT molecular complexity index is 1060. The van der Waals surface area contributed by atoms with E-state index in [9.17, 15) is 9.59 Å². The van der Waals surface area contributed by atoms with Crippen molar-refractivity contribution in [2.75, 3.05) is 34.5 Å². The summed E-state index contributed by atoms with van der Waals surface area (Å²) in [6.45, 7) is 0.305. The molecule has 3 aromatic carbocycles. The van der Waals surface area contributed by atoms with Gasteiger partial charge in [-0.2, -0.15) is 0 Å². The standard InChI is InChI=1S/C29H32O7/c1-32-25-20-27(34-3)26(33-2)19-23(25)18-24(28(30)35-16-14-21-10-6-4-7-11-21)29(31)36-17-15-22-12-8-5-9-13-22/h4-13,19-20,24H,14-18H2,1-3H3. The van der Waals surface area contributed by atoms with Crippen molar-refractivity contribution >= 4 is 11.9 Å². The third-order valence-corrected chi connectivity index (χ3v) is 5.74. The van der Waals surface area contributed by atoms with E-state index in [2.05, 4.69) is 0 Å². The molecule has 0 aliphatic carbocycles. The van der Waals surface area contributed by atoms with Gasteiger partial charge in [0.25, 0.3) is 0 Å². The largest absolute Gasteiger partial charge is 0.496 e. The third kappa shape index (κ3) is 7.50. The Morgan fingerprint density at radius 1 is 0.639 bits per heavy atom. The van der Waals surface area contributed by atoms with Gasteiger partial charge in [-0.05, 0) is 22.8 Å². The SMILES string of the molecule is COc1cc(OC)c(OC)cc1CC(C(=O)OCCc1ccccc1)C(=O)OCCc1ccccc1. The van der Waals surface area contributed by atoms with E-state index in [-0.39, 0.29) is 19.6 Å². The Morgan fingerprint density at radius 3 is 1.53 bits per heavy atom. The molecule has 7 heteroatoms. The molecule has 0 heterocycles. The van der Waals surface area contributed by atoms with Gasteiger partial charge in [0.15, 0.2) is 17.4 Å². The highest BCUT2D eigenvalue weighted by Crippen LogP contribution is 2.36. The summed E-state index contributed by atoms with van der Waals surface area (Å²) in [6.07, 6.45) is 1.11. The molecule has 0 amide bonds. The van der Waals surface area contributed by atoms with E-state index in [1.807, 2.05) is 60.7 Å². The van der Waals surface area contributed by atoms with Crippen LogP contribution < -0.4 is 14.2 Å². The predicted molar refractivity (Wildman–Crippen MR) is 136 cm³/mol. The lowest BCUT2D eigenvalue weighted by molar-refractivity contribution is -0.162. The van der Waals surface area contributed by atoms with Crippen molar-refractivity contribution in [1.82, 2.24) is 0 Å². The molecular weight excluding hydrogens is 460 g/mol. The Balaban J connectivity index is 1.74. The Hall–Kier alpha value is -4.00. The quantitative estimate of drug-likeness (QED) is 0.258. The van der Waals surface area contributed by atoms with Gasteiger partial charge in [0, 0.05) is 25.3 Å². The minimum atomic E-state index is -1.16. The van der Waals surface area contributed by atoms with Gasteiger partial charge in [-0.25, -0.2) is 0 Å². The summed E-state index contributed by atoms with van der Waals surface area (Å²) in [5, 5.41) is 0. The van der Waals surface area contributed by atoms with Crippen LogP contribution in [0.3, 0.4) is 0 Å². The molecule has 0 aliphatic heterocycles. The lowest BCUT2D eigenvalue weighted by Gasteiger charge is -2.19. The molecule has 0 aromatic heterocycles. The summed E-state index contributed by atoms with van der Waals surface area (Å²) in [4.78, 5) is 26.1. The summed E-state index contributed by atoms with van der Waals surface area (Å²) in [7, 11) is 4.55. The third-order valence-electron chi connectivity index (χ3n) is 5.74. The van der Waals surface area contributed by atoms with Crippen LogP contribution in [0, 0.1) is 5.92 Å². The second kappa shape index (κ2) is 13.8. The van der Waals surface area contributed by atoms with Crippen molar-refractivity contribution in [3.8, 4) is 17.2 Å². The van der Waals surface area contributed by atoms with Gasteiger partial charge in [-0.1, -0.05) is 60.7 Å². The Kier molecular flexibility index (Phi) is 10.2. The fourth-order valence-electron chi connectivity index (χ4n) is 3.76. The average molecular weight is 493 g/mol. The zero-order chi connectivity index (χ0) is 25.8. The van der Waals surface area contributed by atoms with Crippen LogP contribution in [0.4, 0.5) is 0 Å². The molecule has 0 saturated carbocycles. The number of rotatable bonds is 13. The second-order valence-electron chi connectivity index (χ2n) is 8.08. The molecule has 0 saturated heterocycles. The molecule has 3 aromatic rings. The van der Waals surface area contributed by atoms with Crippen LogP contribution in [0.2, 0.25) is 0 Å². The van der Waals surface area contributed by atoms with Crippen LogP contribution in [0.5, 0.6) is 17.2 Å².